The fourth-order valence-corrected chi connectivity index (χ4v) is 1.43. The summed E-state index contributed by atoms with van der Waals surface area (Å²) in [5.74, 6) is 0.689. The monoisotopic (exact) mass is 234 g/mol. The maximum Gasteiger partial charge on any atom is 0.345 e. The van der Waals surface area contributed by atoms with Crippen molar-refractivity contribution < 1.29 is 4.74 Å². The molecule has 17 heavy (non-hydrogen) atoms. The molecule has 6 nitrogen and oxygen atoms in total. The Morgan fingerprint density at radius 1 is 1.47 bits per heavy atom. The lowest BCUT2D eigenvalue weighted by Gasteiger charge is -2.05. The third kappa shape index (κ3) is 2.66. The molecule has 0 fully saturated rings. The molecule has 0 spiro atoms. The molecule has 0 saturated carbocycles. The molecule has 1 aromatic carbocycles. The molecule has 90 valence electrons. The maximum absolute atomic E-state index is 11.5. The smallest absolute Gasteiger partial charge is 0.345 e. The summed E-state index contributed by atoms with van der Waals surface area (Å²) in [6.07, 6.45) is 1.48. The number of hydrogen-bond acceptors (Lipinski definition) is 4. The minimum atomic E-state index is -0.152. The van der Waals surface area contributed by atoms with Gasteiger partial charge < -0.3 is 10.5 Å². The van der Waals surface area contributed by atoms with E-state index in [-0.39, 0.29) is 5.69 Å². The Hall–Kier alpha value is -2.24. The van der Waals surface area contributed by atoms with Gasteiger partial charge in [-0.05, 0) is 12.1 Å². The topological polar surface area (TPSA) is 75.1 Å². The van der Waals surface area contributed by atoms with E-state index >= 15 is 0 Å². The summed E-state index contributed by atoms with van der Waals surface area (Å²) < 4.78 is 8.24. The van der Waals surface area contributed by atoms with Crippen molar-refractivity contribution >= 4 is 5.69 Å². The molecule has 2 N–H and O–H groups in total. The van der Waals surface area contributed by atoms with Gasteiger partial charge in [-0.15, -0.1) is 0 Å². The normalized spacial score (nSPS) is 10.4. The Labute approximate surface area is 98.2 Å². The van der Waals surface area contributed by atoms with Gasteiger partial charge in [-0.2, -0.15) is 5.10 Å². The van der Waals surface area contributed by atoms with E-state index in [0.29, 0.717) is 24.6 Å². The molecule has 2 rings (SSSR count). The summed E-state index contributed by atoms with van der Waals surface area (Å²) in [6, 6.07) is 7.16. The van der Waals surface area contributed by atoms with Gasteiger partial charge in [0.15, 0.2) is 0 Å². The lowest BCUT2D eigenvalue weighted by Crippen LogP contribution is -2.25. The molecule has 2 aromatic rings. The van der Waals surface area contributed by atoms with Crippen LogP contribution in [0.2, 0.25) is 0 Å². The average Bonchev–Trinajstić information content (AvgIpc) is 2.61. The van der Waals surface area contributed by atoms with Gasteiger partial charge in [0.05, 0.1) is 6.54 Å². The number of aryl methyl sites for hydroxylation is 1. The van der Waals surface area contributed by atoms with Crippen LogP contribution >= 0.6 is 0 Å². The first-order valence-corrected chi connectivity index (χ1v) is 5.23. The third-order valence-electron chi connectivity index (χ3n) is 2.32. The number of rotatable bonds is 4. The van der Waals surface area contributed by atoms with Gasteiger partial charge in [0.1, 0.15) is 18.7 Å². The molecule has 0 saturated heterocycles. The quantitative estimate of drug-likeness (QED) is 0.769. The van der Waals surface area contributed by atoms with Gasteiger partial charge in [-0.1, -0.05) is 6.07 Å². The van der Waals surface area contributed by atoms with E-state index in [1.165, 1.54) is 15.6 Å². The van der Waals surface area contributed by atoms with Crippen molar-refractivity contribution in [2.45, 2.75) is 6.54 Å². The largest absolute Gasteiger partial charge is 0.492 e. The molecule has 1 heterocycles. The van der Waals surface area contributed by atoms with Crippen LogP contribution in [0.5, 0.6) is 5.75 Å². The Bertz CT molecular complexity index is 559. The van der Waals surface area contributed by atoms with Gasteiger partial charge in [0.2, 0.25) is 0 Å². The molecule has 0 aliphatic carbocycles. The van der Waals surface area contributed by atoms with E-state index in [2.05, 4.69) is 5.10 Å². The highest BCUT2D eigenvalue weighted by Gasteiger charge is 2.01. The molecule has 1 aromatic heterocycles. The number of nitrogens with zero attached hydrogens (tertiary/aromatic N) is 3. The van der Waals surface area contributed by atoms with Gasteiger partial charge in [-0.3, -0.25) is 4.57 Å². The number of benzene rings is 1. The second-order valence-electron chi connectivity index (χ2n) is 3.67. The fourth-order valence-electron chi connectivity index (χ4n) is 1.43. The minimum absolute atomic E-state index is 0.152. The van der Waals surface area contributed by atoms with Crippen molar-refractivity contribution in [1.29, 1.82) is 0 Å². The average molecular weight is 234 g/mol. The molecule has 0 aliphatic heterocycles. The van der Waals surface area contributed by atoms with Crippen LogP contribution in [-0.4, -0.2) is 21.0 Å². The first-order valence-electron chi connectivity index (χ1n) is 5.23. The summed E-state index contributed by atoms with van der Waals surface area (Å²) in [4.78, 5) is 11.5. The van der Waals surface area contributed by atoms with E-state index < -0.39 is 0 Å². The summed E-state index contributed by atoms with van der Waals surface area (Å²) in [5, 5.41) is 3.93. The molecule has 0 amide bonds. The van der Waals surface area contributed by atoms with Crippen LogP contribution < -0.4 is 16.2 Å². The molecule has 6 heteroatoms. The first-order chi connectivity index (χ1) is 8.16. The number of nitrogen functional groups attached to an aromatic ring is 1. The van der Waals surface area contributed by atoms with Crippen LogP contribution in [0, 0.1) is 0 Å². The van der Waals surface area contributed by atoms with Crippen molar-refractivity contribution in [3.05, 3.63) is 41.1 Å². The number of nitrogens with two attached hydrogens (primary N) is 1. The molecule has 0 bridgehead atoms. The van der Waals surface area contributed by atoms with Crippen LogP contribution in [0.4, 0.5) is 5.69 Å². The maximum atomic E-state index is 11.5. The summed E-state index contributed by atoms with van der Waals surface area (Å²) >= 11 is 0. The van der Waals surface area contributed by atoms with Crippen LogP contribution in [0.25, 0.3) is 0 Å². The van der Waals surface area contributed by atoms with Crippen LogP contribution in [0.15, 0.2) is 35.4 Å². The van der Waals surface area contributed by atoms with Crippen LogP contribution in [0.1, 0.15) is 0 Å². The van der Waals surface area contributed by atoms with Crippen molar-refractivity contribution in [1.82, 2.24) is 14.3 Å². The van der Waals surface area contributed by atoms with Crippen molar-refractivity contribution in [3.8, 4) is 5.75 Å². The highest BCUT2D eigenvalue weighted by molar-refractivity contribution is 5.43. The van der Waals surface area contributed by atoms with Gasteiger partial charge in [0.25, 0.3) is 0 Å². The van der Waals surface area contributed by atoms with Crippen molar-refractivity contribution in [3.63, 3.8) is 0 Å². The molecular formula is C11H14N4O2. The predicted octanol–water partition coefficient (Wildman–Crippen LogP) is 0.243. The highest BCUT2D eigenvalue weighted by Crippen LogP contribution is 2.13. The number of aromatic nitrogens is 3. The fraction of sp³-hybridized carbons (Fsp3) is 0.273. The standard InChI is InChI=1S/C11H14N4O2/c1-14-8-13-15(11(14)16)5-6-17-10-4-2-3-9(12)7-10/h2-4,7-8H,5-6,12H2,1H3. The van der Waals surface area contributed by atoms with Gasteiger partial charge >= 0.3 is 5.69 Å². The zero-order valence-electron chi connectivity index (χ0n) is 9.54. The number of anilines is 1. The first kappa shape index (κ1) is 11.3. The SMILES string of the molecule is Cn1cnn(CCOc2cccc(N)c2)c1=O. The third-order valence-corrected chi connectivity index (χ3v) is 2.32. The lowest BCUT2D eigenvalue weighted by atomic mass is 10.3. The second-order valence-corrected chi connectivity index (χ2v) is 3.67. The summed E-state index contributed by atoms with van der Waals surface area (Å²) in [5.41, 5.74) is 6.12. The van der Waals surface area contributed by atoms with Crippen LogP contribution in [-0.2, 0) is 13.6 Å². The molecule has 0 aliphatic rings. The second kappa shape index (κ2) is 4.73. The Kier molecular flexibility index (Phi) is 3.13. The van der Waals surface area contributed by atoms with E-state index in [1.54, 1.807) is 19.2 Å². The summed E-state index contributed by atoms with van der Waals surface area (Å²) in [6.45, 7) is 0.787. The zero-order chi connectivity index (χ0) is 12.3. The number of hydrogen-bond donors (Lipinski definition) is 1. The molecule has 0 atom stereocenters. The van der Waals surface area contributed by atoms with Crippen molar-refractivity contribution in [2.24, 2.45) is 7.05 Å². The Morgan fingerprint density at radius 2 is 2.29 bits per heavy atom. The predicted molar refractivity (Wildman–Crippen MR) is 63.8 cm³/mol. The highest BCUT2D eigenvalue weighted by atomic mass is 16.5. The van der Waals surface area contributed by atoms with Gasteiger partial charge in [-0.25, -0.2) is 9.48 Å². The zero-order valence-corrected chi connectivity index (χ0v) is 9.54. The van der Waals surface area contributed by atoms with Crippen molar-refractivity contribution in [2.75, 3.05) is 12.3 Å². The van der Waals surface area contributed by atoms with E-state index in [1.807, 2.05) is 12.1 Å². The Morgan fingerprint density at radius 3 is 2.94 bits per heavy atom. The van der Waals surface area contributed by atoms with E-state index in [0.717, 1.165) is 0 Å². The lowest BCUT2D eigenvalue weighted by molar-refractivity contribution is 0.288. The Balaban J connectivity index is 1.92. The van der Waals surface area contributed by atoms with E-state index in [4.69, 9.17) is 10.5 Å². The van der Waals surface area contributed by atoms with E-state index in [9.17, 15) is 4.79 Å². The summed E-state index contributed by atoms with van der Waals surface area (Å²) in [7, 11) is 1.66. The molecule has 0 radical (unpaired) electrons. The molecular weight excluding hydrogens is 220 g/mol. The minimum Gasteiger partial charge on any atom is -0.492 e. The van der Waals surface area contributed by atoms with Gasteiger partial charge in [0, 0.05) is 18.8 Å². The molecule has 0 unspecified atom stereocenters. The van der Waals surface area contributed by atoms with Crippen LogP contribution in [0.3, 0.4) is 0 Å². The number of ether oxygens (including phenoxy) is 1.